The highest BCUT2D eigenvalue weighted by molar-refractivity contribution is 7.93. The number of hydrogen-bond acceptors (Lipinski definition) is 5. The van der Waals surface area contributed by atoms with Gasteiger partial charge in [0.15, 0.2) is 14.6 Å². The average Bonchev–Trinajstić information content (AvgIpc) is 3.46. The van der Waals surface area contributed by atoms with E-state index >= 15 is 0 Å². The molecule has 0 aliphatic carbocycles. The molecule has 0 saturated heterocycles. The van der Waals surface area contributed by atoms with Crippen LogP contribution in [0.1, 0.15) is 51.3 Å². The van der Waals surface area contributed by atoms with Crippen LogP contribution < -0.4 is 10.1 Å². The second kappa shape index (κ2) is 8.57. The molecule has 34 heavy (non-hydrogen) atoms. The van der Waals surface area contributed by atoms with E-state index in [4.69, 9.17) is 4.74 Å². The molecule has 2 aromatic heterocycles. The Morgan fingerprint density at radius 1 is 1.32 bits per heavy atom. The molecule has 0 bridgehead atoms. The first-order valence-electron chi connectivity index (χ1n) is 11.2. The number of nitrogens with one attached hydrogen (secondary N) is 2. The predicted octanol–water partition coefficient (Wildman–Crippen LogP) is 3.98. The first kappa shape index (κ1) is 24.0. The van der Waals surface area contributed by atoms with E-state index in [0.29, 0.717) is 23.7 Å². The van der Waals surface area contributed by atoms with Crippen molar-refractivity contribution in [2.75, 3.05) is 11.1 Å². The Morgan fingerprint density at radius 2 is 2.09 bits per heavy atom. The quantitative estimate of drug-likeness (QED) is 0.523. The first-order valence-corrected chi connectivity index (χ1v) is 12.9. The van der Waals surface area contributed by atoms with E-state index in [2.05, 4.69) is 15.4 Å². The monoisotopic (exact) mass is 488 g/mol. The average molecular weight is 489 g/mol. The van der Waals surface area contributed by atoms with Crippen LogP contribution in [0.3, 0.4) is 0 Å². The number of ether oxygens (including phenoxy) is 1. The van der Waals surface area contributed by atoms with E-state index in [9.17, 15) is 17.6 Å². The van der Waals surface area contributed by atoms with Crippen molar-refractivity contribution in [1.82, 2.24) is 14.8 Å². The predicted molar refractivity (Wildman–Crippen MR) is 127 cm³/mol. The highest BCUT2D eigenvalue weighted by Gasteiger charge is 2.61. The van der Waals surface area contributed by atoms with Crippen molar-refractivity contribution in [2.45, 2.75) is 56.9 Å². The number of nitrogens with zero attached hydrogens (tertiary/aromatic N) is 2. The van der Waals surface area contributed by atoms with Crippen molar-refractivity contribution in [2.24, 2.45) is 0 Å². The van der Waals surface area contributed by atoms with Gasteiger partial charge in [0.05, 0.1) is 6.20 Å². The molecule has 0 saturated carbocycles. The van der Waals surface area contributed by atoms with Crippen LogP contribution in [0, 0.1) is 5.82 Å². The number of carbonyl (C=O) groups excluding carboxylic acids is 1. The Bertz CT molecular complexity index is 1300. The van der Waals surface area contributed by atoms with Gasteiger partial charge in [-0.15, -0.1) is 0 Å². The van der Waals surface area contributed by atoms with E-state index in [-0.39, 0.29) is 17.9 Å². The summed E-state index contributed by atoms with van der Waals surface area (Å²) in [6.45, 7) is 7.51. The lowest BCUT2D eigenvalue weighted by atomic mass is 9.74. The van der Waals surface area contributed by atoms with Gasteiger partial charge in [-0.25, -0.2) is 17.5 Å². The lowest BCUT2D eigenvalue weighted by Gasteiger charge is -2.45. The van der Waals surface area contributed by atoms with Crippen molar-refractivity contribution in [3.63, 3.8) is 0 Å². The van der Waals surface area contributed by atoms with Crippen molar-refractivity contribution in [1.29, 1.82) is 0 Å². The summed E-state index contributed by atoms with van der Waals surface area (Å²) in [5.41, 5.74) is -0.250. The van der Waals surface area contributed by atoms with Gasteiger partial charge >= 0.3 is 0 Å². The minimum atomic E-state index is -4.12. The molecule has 8 nitrogen and oxygen atoms in total. The van der Waals surface area contributed by atoms with Gasteiger partial charge in [-0.3, -0.25) is 4.79 Å². The number of rotatable bonds is 7. The summed E-state index contributed by atoms with van der Waals surface area (Å²) in [6.07, 6.45) is 3.28. The van der Waals surface area contributed by atoms with Gasteiger partial charge in [-0.1, -0.05) is 6.92 Å². The first-order chi connectivity index (χ1) is 16.1. The number of benzene rings is 1. The van der Waals surface area contributed by atoms with Gasteiger partial charge in [0.25, 0.3) is 5.91 Å². The topological polar surface area (TPSA) is 106 Å². The zero-order valence-electron chi connectivity index (χ0n) is 19.6. The van der Waals surface area contributed by atoms with E-state index in [1.54, 1.807) is 29.1 Å². The summed E-state index contributed by atoms with van der Waals surface area (Å²) in [7, 11) is -4.12. The van der Waals surface area contributed by atoms with E-state index in [1.807, 2.05) is 20.8 Å². The number of halogens is 1. The van der Waals surface area contributed by atoms with E-state index < -0.39 is 37.8 Å². The number of H-pyrrole nitrogens is 1. The second-order valence-corrected chi connectivity index (χ2v) is 11.5. The molecule has 10 heteroatoms. The third kappa shape index (κ3) is 3.79. The number of hydrogen-bond donors (Lipinski definition) is 2. The Hall–Kier alpha value is -3.14. The standard InChI is InChI=1S/C24H29FN4O4S/c1-5-29-21(11-13-27-29)28-22(30)24(34(31,32)6-2,20-8-7-12-26-20)18-15-23(3,4)33-19-10-9-16(25)14-17(18)19/h7-14,18,26H,5-6,15H2,1-4H3,(H,28,30). The van der Waals surface area contributed by atoms with Crippen LogP contribution in [0.25, 0.3) is 0 Å². The van der Waals surface area contributed by atoms with Gasteiger partial charge < -0.3 is 15.0 Å². The molecule has 0 radical (unpaired) electrons. The summed E-state index contributed by atoms with van der Waals surface area (Å²) >= 11 is 0. The van der Waals surface area contributed by atoms with Crippen LogP contribution in [0.4, 0.5) is 10.2 Å². The highest BCUT2D eigenvalue weighted by atomic mass is 32.2. The molecule has 4 rings (SSSR count). The molecule has 0 fully saturated rings. The largest absolute Gasteiger partial charge is 0.488 e. The Morgan fingerprint density at radius 3 is 2.74 bits per heavy atom. The molecule has 3 heterocycles. The normalized spacial score (nSPS) is 19.0. The van der Waals surface area contributed by atoms with E-state index in [0.717, 1.165) is 0 Å². The summed E-state index contributed by atoms with van der Waals surface area (Å²) in [4.78, 5) is 17.2. The fraction of sp³-hybridized carbons (Fsp3) is 0.417. The summed E-state index contributed by atoms with van der Waals surface area (Å²) < 4.78 is 48.0. The number of carbonyl (C=O) groups is 1. The molecule has 1 aliphatic rings. The molecule has 1 amide bonds. The van der Waals surface area contributed by atoms with Crippen LogP contribution >= 0.6 is 0 Å². The molecule has 1 aliphatic heterocycles. The van der Waals surface area contributed by atoms with Crippen LogP contribution in [0.5, 0.6) is 5.75 Å². The lowest BCUT2D eigenvalue weighted by molar-refractivity contribution is -0.120. The number of amides is 1. The summed E-state index contributed by atoms with van der Waals surface area (Å²) in [5.74, 6) is -1.76. The van der Waals surface area contributed by atoms with Gasteiger partial charge in [-0.05, 0) is 57.5 Å². The second-order valence-electron chi connectivity index (χ2n) is 9.01. The Labute approximate surface area is 198 Å². The molecule has 2 atom stereocenters. The molecule has 1 aromatic carbocycles. The van der Waals surface area contributed by atoms with Crippen LogP contribution in [-0.4, -0.2) is 40.4 Å². The van der Waals surface area contributed by atoms with Crippen molar-refractivity contribution in [3.05, 3.63) is 65.9 Å². The van der Waals surface area contributed by atoms with Crippen molar-refractivity contribution < 1.29 is 22.3 Å². The fourth-order valence-corrected chi connectivity index (χ4v) is 6.77. The van der Waals surface area contributed by atoms with Gasteiger partial charge in [0.2, 0.25) is 0 Å². The number of anilines is 1. The van der Waals surface area contributed by atoms with Crippen LogP contribution in [-0.2, 0) is 25.9 Å². The SMILES string of the molecule is CCn1nccc1NC(=O)C(c1ccc[nH]1)(C1CC(C)(C)Oc2ccc(F)cc21)S(=O)(=O)CC. The number of aromatic amines is 1. The fourth-order valence-electron chi connectivity index (χ4n) is 4.87. The molecular weight excluding hydrogens is 459 g/mol. The zero-order chi connectivity index (χ0) is 24.7. The maximum Gasteiger partial charge on any atom is 0.253 e. The van der Waals surface area contributed by atoms with Gasteiger partial charge in [0.1, 0.15) is 23.0 Å². The summed E-state index contributed by atoms with van der Waals surface area (Å²) in [6, 6.07) is 8.87. The Balaban J connectivity index is 2.02. The highest BCUT2D eigenvalue weighted by Crippen LogP contribution is 2.53. The smallest absolute Gasteiger partial charge is 0.253 e. The van der Waals surface area contributed by atoms with Gasteiger partial charge in [-0.2, -0.15) is 5.10 Å². The molecule has 2 unspecified atom stereocenters. The number of sulfone groups is 1. The molecular formula is C24H29FN4O4S. The third-order valence-corrected chi connectivity index (χ3v) is 8.81. The van der Waals surface area contributed by atoms with Crippen LogP contribution in [0.15, 0.2) is 48.8 Å². The molecule has 2 N–H and O–H groups in total. The summed E-state index contributed by atoms with van der Waals surface area (Å²) in [5, 5.41) is 6.98. The van der Waals surface area contributed by atoms with Crippen LogP contribution in [0.2, 0.25) is 0 Å². The van der Waals surface area contributed by atoms with Gasteiger partial charge in [0, 0.05) is 41.7 Å². The maximum atomic E-state index is 14.4. The number of aromatic nitrogens is 3. The number of fused-ring (bicyclic) bond motifs is 1. The third-order valence-electron chi connectivity index (χ3n) is 6.38. The lowest BCUT2D eigenvalue weighted by Crippen LogP contribution is -2.55. The maximum absolute atomic E-state index is 14.4. The Kier molecular flexibility index (Phi) is 6.05. The number of aryl methyl sites for hydroxylation is 1. The molecule has 182 valence electrons. The molecule has 0 spiro atoms. The minimum absolute atomic E-state index is 0.169. The zero-order valence-corrected chi connectivity index (χ0v) is 20.4. The van der Waals surface area contributed by atoms with Crippen molar-refractivity contribution >= 4 is 21.6 Å². The van der Waals surface area contributed by atoms with E-state index in [1.165, 1.54) is 31.3 Å². The molecule has 3 aromatic rings. The minimum Gasteiger partial charge on any atom is -0.488 e. The van der Waals surface area contributed by atoms with Crippen molar-refractivity contribution in [3.8, 4) is 5.75 Å².